The Bertz CT molecular complexity index is 659. The number of urea groups is 1. The Balaban J connectivity index is 1.75. The highest BCUT2D eigenvalue weighted by Gasteiger charge is 2.47. The molecule has 1 unspecified atom stereocenters. The number of hydrazine groups is 1. The molecule has 4 amide bonds. The lowest BCUT2D eigenvalue weighted by Gasteiger charge is -2.19. The summed E-state index contributed by atoms with van der Waals surface area (Å²) in [5.74, 6) is -0.811. The zero-order valence-corrected chi connectivity index (χ0v) is 14.9. The van der Waals surface area contributed by atoms with Crippen LogP contribution < -0.4 is 10.7 Å². The third-order valence-corrected chi connectivity index (χ3v) is 6.14. The maximum absolute atomic E-state index is 12.5. The van der Waals surface area contributed by atoms with Crippen molar-refractivity contribution in [1.82, 2.24) is 15.8 Å². The second-order valence-corrected chi connectivity index (χ2v) is 7.81. The molecule has 130 valence electrons. The van der Waals surface area contributed by atoms with Gasteiger partial charge in [-0.2, -0.15) is 5.01 Å². The standard InChI is InChI=1S/C17H23N3O3S/c1-3-17(2)15(22)20(16(23)18-17)19-14(21)13-10-11-8-6-4-5-7-9-12(11)24-13/h10H,3-9H2,1-2H3,(H,18,23)(H,19,21). The second kappa shape index (κ2) is 6.55. The third kappa shape index (κ3) is 3.05. The van der Waals surface area contributed by atoms with Crippen LogP contribution in [0.1, 0.15) is 66.1 Å². The summed E-state index contributed by atoms with van der Waals surface area (Å²) < 4.78 is 0. The van der Waals surface area contributed by atoms with Gasteiger partial charge in [0.1, 0.15) is 5.54 Å². The minimum absolute atomic E-state index is 0.393. The molecule has 1 saturated heterocycles. The number of nitrogens with zero attached hydrogens (tertiary/aromatic N) is 1. The average Bonchev–Trinajstić information content (AvgIpc) is 3.02. The average molecular weight is 349 g/mol. The number of thiophene rings is 1. The van der Waals surface area contributed by atoms with Crippen LogP contribution in [-0.2, 0) is 17.6 Å². The molecule has 1 aliphatic carbocycles. The van der Waals surface area contributed by atoms with E-state index >= 15 is 0 Å². The van der Waals surface area contributed by atoms with Gasteiger partial charge in [-0.05, 0) is 50.7 Å². The highest BCUT2D eigenvalue weighted by atomic mass is 32.1. The predicted molar refractivity (Wildman–Crippen MR) is 91.7 cm³/mol. The van der Waals surface area contributed by atoms with Crippen LogP contribution >= 0.6 is 11.3 Å². The van der Waals surface area contributed by atoms with Gasteiger partial charge in [-0.25, -0.2) is 4.79 Å². The zero-order valence-electron chi connectivity index (χ0n) is 14.1. The summed E-state index contributed by atoms with van der Waals surface area (Å²) in [7, 11) is 0. The number of hydrogen-bond donors (Lipinski definition) is 2. The van der Waals surface area contributed by atoms with Gasteiger partial charge in [-0.1, -0.05) is 19.8 Å². The molecule has 2 N–H and O–H groups in total. The van der Waals surface area contributed by atoms with E-state index in [1.807, 2.05) is 13.0 Å². The maximum atomic E-state index is 12.5. The number of rotatable bonds is 3. The lowest BCUT2D eigenvalue weighted by atomic mass is 10.00. The number of amides is 4. The number of nitrogens with one attached hydrogen (secondary N) is 2. The van der Waals surface area contributed by atoms with Crippen LogP contribution in [0.3, 0.4) is 0 Å². The first kappa shape index (κ1) is 17.0. The Hall–Kier alpha value is -1.89. The highest BCUT2D eigenvalue weighted by molar-refractivity contribution is 7.14. The first-order chi connectivity index (χ1) is 11.4. The molecule has 1 atom stereocenters. The largest absolute Gasteiger partial charge is 0.344 e. The van der Waals surface area contributed by atoms with E-state index in [0.29, 0.717) is 11.3 Å². The van der Waals surface area contributed by atoms with Crippen LogP contribution in [0.4, 0.5) is 4.79 Å². The molecule has 1 aromatic rings. The van der Waals surface area contributed by atoms with Crippen LogP contribution in [0.25, 0.3) is 0 Å². The van der Waals surface area contributed by atoms with Crippen molar-refractivity contribution < 1.29 is 14.4 Å². The maximum Gasteiger partial charge on any atom is 0.344 e. The van der Waals surface area contributed by atoms with Gasteiger partial charge in [0.25, 0.3) is 11.8 Å². The van der Waals surface area contributed by atoms with Crippen LogP contribution in [0.2, 0.25) is 0 Å². The van der Waals surface area contributed by atoms with Gasteiger partial charge in [0.2, 0.25) is 0 Å². The molecule has 1 aromatic heterocycles. The minimum Gasteiger partial charge on any atom is -0.322 e. The Morgan fingerprint density at radius 2 is 2.00 bits per heavy atom. The summed E-state index contributed by atoms with van der Waals surface area (Å²) in [5, 5.41) is 3.44. The normalized spacial score (nSPS) is 24.2. The van der Waals surface area contributed by atoms with Crippen molar-refractivity contribution in [3.05, 3.63) is 21.4 Å². The van der Waals surface area contributed by atoms with E-state index in [2.05, 4.69) is 10.7 Å². The Morgan fingerprint density at radius 3 is 2.67 bits per heavy atom. The Kier molecular flexibility index (Phi) is 4.62. The quantitative estimate of drug-likeness (QED) is 0.824. The number of carbonyl (C=O) groups excluding carboxylic acids is 3. The summed E-state index contributed by atoms with van der Waals surface area (Å²) in [6.45, 7) is 3.49. The van der Waals surface area contributed by atoms with Crippen LogP contribution in [0.15, 0.2) is 6.07 Å². The fourth-order valence-corrected chi connectivity index (χ4v) is 4.28. The molecule has 3 rings (SSSR count). The van der Waals surface area contributed by atoms with Gasteiger partial charge in [-0.15, -0.1) is 11.3 Å². The monoisotopic (exact) mass is 349 g/mol. The Morgan fingerprint density at radius 1 is 1.29 bits per heavy atom. The molecule has 7 heteroatoms. The van der Waals surface area contributed by atoms with Gasteiger partial charge in [0, 0.05) is 4.88 Å². The Labute approximate surface area is 145 Å². The van der Waals surface area contributed by atoms with Gasteiger partial charge in [0.15, 0.2) is 0 Å². The van der Waals surface area contributed by atoms with E-state index in [1.165, 1.54) is 34.6 Å². The molecule has 2 aliphatic rings. The van der Waals surface area contributed by atoms with Crippen LogP contribution in [0, 0.1) is 0 Å². The zero-order chi connectivity index (χ0) is 17.3. The second-order valence-electron chi connectivity index (χ2n) is 6.67. The number of fused-ring (bicyclic) bond motifs is 1. The molecule has 1 aliphatic heterocycles. The fraction of sp³-hybridized carbons (Fsp3) is 0.588. The van der Waals surface area contributed by atoms with Crippen molar-refractivity contribution >= 4 is 29.2 Å². The van der Waals surface area contributed by atoms with Crippen molar-refractivity contribution in [2.24, 2.45) is 0 Å². The molecule has 0 saturated carbocycles. The van der Waals surface area contributed by atoms with Crippen LogP contribution in [-0.4, -0.2) is 28.4 Å². The summed E-state index contributed by atoms with van der Waals surface area (Å²) in [6.07, 6.45) is 7.23. The summed E-state index contributed by atoms with van der Waals surface area (Å²) in [4.78, 5) is 38.7. The lowest BCUT2D eigenvalue weighted by molar-refractivity contribution is -0.132. The van der Waals surface area contributed by atoms with Gasteiger partial charge < -0.3 is 5.32 Å². The summed E-state index contributed by atoms with van der Waals surface area (Å²) >= 11 is 1.48. The van der Waals surface area contributed by atoms with Crippen molar-refractivity contribution in [1.29, 1.82) is 0 Å². The van der Waals surface area contributed by atoms with Gasteiger partial charge in [0.05, 0.1) is 4.88 Å². The van der Waals surface area contributed by atoms with Crippen molar-refractivity contribution in [3.63, 3.8) is 0 Å². The number of hydrogen-bond acceptors (Lipinski definition) is 4. The summed E-state index contributed by atoms with van der Waals surface area (Å²) in [6, 6.07) is 1.34. The molecule has 0 aromatic carbocycles. The van der Waals surface area contributed by atoms with Gasteiger partial charge >= 0.3 is 6.03 Å². The first-order valence-corrected chi connectivity index (χ1v) is 9.35. The molecule has 6 nitrogen and oxygen atoms in total. The van der Waals surface area contributed by atoms with Crippen molar-refractivity contribution in [3.8, 4) is 0 Å². The molecular formula is C17H23N3O3S. The number of carbonyl (C=O) groups is 3. The topological polar surface area (TPSA) is 78.5 Å². The summed E-state index contributed by atoms with van der Waals surface area (Å²) in [5.41, 5.74) is 2.75. The van der Waals surface area contributed by atoms with E-state index in [-0.39, 0.29) is 0 Å². The van der Waals surface area contributed by atoms with Crippen LogP contribution in [0.5, 0.6) is 0 Å². The van der Waals surface area contributed by atoms with E-state index in [1.54, 1.807) is 6.92 Å². The van der Waals surface area contributed by atoms with E-state index in [4.69, 9.17) is 0 Å². The van der Waals surface area contributed by atoms with Crippen molar-refractivity contribution in [2.45, 2.75) is 64.3 Å². The number of aryl methyl sites for hydroxylation is 2. The smallest absolute Gasteiger partial charge is 0.322 e. The first-order valence-electron chi connectivity index (χ1n) is 8.54. The van der Waals surface area contributed by atoms with Crippen molar-refractivity contribution in [2.75, 3.05) is 0 Å². The fourth-order valence-electron chi connectivity index (χ4n) is 3.14. The molecule has 2 heterocycles. The molecule has 24 heavy (non-hydrogen) atoms. The van der Waals surface area contributed by atoms with E-state index in [0.717, 1.165) is 30.7 Å². The van der Waals surface area contributed by atoms with Gasteiger partial charge in [-0.3, -0.25) is 15.0 Å². The van der Waals surface area contributed by atoms with E-state index in [9.17, 15) is 14.4 Å². The number of imide groups is 1. The minimum atomic E-state index is -0.950. The predicted octanol–water partition coefficient (Wildman–Crippen LogP) is 2.77. The molecule has 1 fully saturated rings. The van der Waals surface area contributed by atoms with E-state index < -0.39 is 23.4 Å². The third-order valence-electron chi connectivity index (χ3n) is 4.90. The SMILES string of the molecule is CCC1(C)NC(=O)N(NC(=O)c2cc3c(s2)CCCCCC3)C1=O. The molecule has 0 radical (unpaired) electrons. The molecular weight excluding hydrogens is 326 g/mol. The highest BCUT2D eigenvalue weighted by Crippen LogP contribution is 2.29. The molecule has 0 spiro atoms. The molecule has 0 bridgehead atoms. The lowest BCUT2D eigenvalue weighted by Crippen LogP contribution is -2.48.